The number of carbonyl (C=O) groups excluding carboxylic acids is 2. The van der Waals surface area contributed by atoms with Crippen molar-refractivity contribution in [3.8, 4) is 11.1 Å². The first-order valence-electron chi connectivity index (χ1n) is 17.0. The van der Waals surface area contributed by atoms with Crippen LogP contribution in [0.25, 0.3) is 21.9 Å². The van der Waals surface area contributed by atoms with Crippen molar-refractivity contribution in [3.05, 3.63) is 72.3 Å². The van der Waals surface area contributed by atoms with Gasteiger partial charge in [0.1, 0.15) is 11.2 Å². The van der Waals surface area contributed by atoms with Gasteiger partial charge in [-0.2, -0.15) is 0 Å². The van der Waals surface area contributed by atoms with Gasteiger partial charge in [-0.05, 0) is 101 Å². The molecule has 0 spiro atoms. The van der Waals surface area contributed by atoms with Gasteiger partial charge in [0.2, 0.25) is 7.37 Å². The topological polar surface area (TPSA) is 123 Å². The number of imide groups is 1. The molecule has 1 fully saturated rings. The third-order valence-corrected chi connectivity index (χ3v) is 11.8. The molecule has 0 bridgehead atoms. The summed E-state index contributed by atoms with van der Waals surface area (Å²) in [5, 5.41) is 11.4. The van der Waals surface area contributed by atoms with Gasteiger partial charge in [0.25, 0.3) is 0 Å². The number of fused-ring (bicyclic) bond motifs is 1. The summed E-state index contributed by atoms with van der Waals surface area (Å²) in [6.45, 7) is 12.9. The molecule has 1 N–H and O–H groups in total. The Kier molecular flexibility index (Phi) is 12.0. The molecular formula is C38H51N2O8P. The first kappa shape index (κ1) is 38.1. The Hall–Kier alpha value is -3.72. The number of hydrogen-bond acceptors (Lipinski definition) is 8. The molecule has 1 aliphatic heterocycles. The van der Waals surface area contributed by atoms with Gasteiger partial charge in [-0.3, -0.25) is 14.3 Å². The lowest BCUT2D eigenvalue weighted by Crippen LogP contribution is -2.54. The summed E-state index contributed by atoms with van der Waals surface area (Å²) in [7, 11) is -3.65. The fraction of sp³-hybridized carbons (Fsp3) is 0.500. The minimum Gasteiger partial charge on any atom is -0.480 e. The van der Waals surface area contributed by atoms with Gasteiger partial charge >= 0.3 is 18.2 Å². The molecule has 2 atom stereocenters. The molecule has 0 saturated carbocycles. The van der Waals surface area contributed by atoms with Crippen LogP contribution in [-0.4, -0.2) is 81.8 Å². The number of ether oxygens (including phenoxy) is 2. The lowest BCUT2D eigenvalue weighted by atomic mass is 9.96. The number of unbranched alkanes of at least 4 members (excludes halogenated alkanes) is 1. The highest BCUT2D eigenvalue weighted by molar-refractivity contribution is 7.62. The van der Waals surface area contributed by atoms with Gasteiger partial charge in [-0.1, -0.05) is 60.7 Å². The summed E-state index contributed by atoms with van der Waals surface area (Å²) >= 11 is 0. The number of hydrogen-bond donors (Lipinski definition) is 1. The number of aliphatic carboxylic acids is 1. The highest BCUT2D eigenvalue weighted by Gasteiger charge is 2.58. The largest absolute Gasteiger partial charge is 0.480 e. The van der Waals surface area contributed by atoms with Crippen molar-refractivity contribution in [3.63, 3.8) is 0 Å². The third kappa shape index (κ3) is 9.50. The third-order valence-electron chi connectivity index (χ3n) is 8.51. The standard InChI is InChI=1S/C38H51N2O8P/c1-8-46-49(45)24-23-39(26-31-17-11-12-18-32(31)30-20-19-28-15-9-10-16-29(28)25-30)27-38(49,33(41)42)21-13-14-22-40(34(43)47-36(2,3)4)35(44)48-37(5,6)7/h9-12,15-20,25H,8,13-14,21-24,26-27H2,1-7H3,(H,41,42)/t38-,49?/m0/s1. The van der Waals surface area contributed by atoms with Gasteiger partial charge in [-0.15, -0.1) is 0 Å². The van der Waals surface area contributed by atoms with Crippen LogP contribution in [0.1, 0.15) is 73.3 Å². The van der Waals surface area contributed by atoms with Crippen molar-refractivity contribution in [1.29, 1.82) is 0 Å². The van der Waals surface area contributed by atoms with Gasteiger partial charge < -0.3 is 19.1 Å². The Morgan fingerprint density at radius 1 is 0.878 bits per heavy atom. The molecule has 1 aliphatic rings. The number of carbonyl (C=O) groups is 3. The molecule has 3 aromatic rings. The molecule has 1 unspecified atom stereocenters. The van der Waals surface area contributed by atoms with E-state index < -0.39 is 41.9 Å². The summed E-state index contributed by atoms with van der Waals surface area (Å²) in [5.74, 6) is -1.17. The van der Waals surface area contributed by atoms with Gasteiger partial charge in [0, 0.05) is 32.3 Å². The molecule has 4 rings (SSSR count). The first-order valence-corrected chi connectivity index (χ1v) is 18.8. The van der Waals surface area contributed by atoms with Crippen LogP contribution in [0, 0.1) is 0 Å². The lowest BCUT2D eigenvalue weighted by Gasteiger charge is -2.45. The van der Waals surface area contributed by atoms with Crippen molar-refractivity contribution in [2.75, 3.05) is 32.4 Å². The molecule has 1 heterocycles. The zero-order valence-corrected chi connectivity index (χ0v) is 30.8. The van der Waals surface area contributed by atoms with Crippen LogP contribution >= 0.6 is 7.37 Å². The van der Waals surface area contributed by atoms with E-state index in [2.05, 4.69) is 41.3 Å². The Bertz CT molecular complexity index is 1670. The van der Waals surface area contributed by atoms with E-state index in [-0.39, 0.29) is 45.1 Å². The molecule has 0 radical (unpaired) electrons. The summed E-state index contributed by atoms with van der Waals surface area (Å²) in [6.07, 6.45) is -1.02. The Balaban J connectivity index is 1.55. The lowest BCUT2D eigenvalue weighted by molar-refractivity contribution is -0.141. The minimum absolute atomic E-state index is 0.0352. The molecule has 2 amide bonds. The van der Waals surface area contributed by atoms with E-state index in [1.165, 1.54) is 0 Å². The highest BCUT2D eigenvalue weighted by atomic mass is 31.2. The van der Waals surface area contributed by atoms with E-state index in [9.17, 15) is 24.1 Å². The fourth-order valence-corrected chi connectivity index (χ4v) is 9.23. The maximum Gasteiger partial charge on any atom is 0.419 e. The molecular weight excluding hydrogens is 643 g/mol. The minimum atomic E-state index is -3.65. The van der Waals surface area contributed by atoms with E-state index in [0.29, 0.717) is 13.1 Å². The SMILES string of the molecule is CCOP1(=O)CCN(Cc2ccccc2-c2ccc3ccccc3c2)C[C@@]1(CCCCN(C(=O)OC(C)(C)C)C(=O)OC(C)(C)C)C(=O)O. The summed E-state index contributed by atoms with van der Waals surface area (Å²) < 4.78 is 31.2. The second kappa shape index (κ2) is 15.4. The van der Waals surface area contributed by atoms with Crippen LogP contribution in [-0.2, 0) is 29.9 Å². The number of rotatable bonds is 11. The molecule has 266 valence electrons. The molecule has 0 aromatic heterocycles. The van der Waals surface area contributed by atoms with E-state index in [1.54, 1.807) is 48.5 Å². The van der Waals surface area contributed by atoms with Crippen molar-refractivity contribution in [1.82, 2.24) is 9.80 Å². The van der Waals surface area contributed by atoms with Crippen molar-refractivity contribution < 1.29 is 38.1 Å². The number of benzene rings is 3. The van der Waals surface area contributed by atoms with Crippen molar-refractivity contribution in [2.45, 2.75) is 90.6 Å². The van der Waals surface area contributed by atoms with Gasteiger partial charge in [0.05, 0.1) is 6.61 Å². The number of amides is 2. The second-order valence-corrected chi connectivity index (χ2v) is 17.6. The summed E-state index contributed by atoms with van der Waals surface area (Å²) in [4.78, 5) is 42.1. The molecule has 49 heavy (non-hydrogen) atoms. The van der Waals surface area contributed by atoms with E-state index >= 15 is 0 Å². The summed E-state index contributed by atoms with van der Waals surface area (Å²) in [6, 6.07) is 22.6. The fourth-order valence-electron chi connectivity index (χ4n) is 6.26. The smallest absolute Gasteiger partial charge is 0.419 e. The van der Waals surface area contributed by atoms with Crippen molar-refractivity contribution >= 4 is 36.3 Å². The first-order chi connectivity index (χ1) is 23.0. The van der Waals surface area contributed by atoms with Crippen LogP contribution in [0.4, 0.5) is 9.59 Å². The molecule has 1 saturated heterocycles. The number of carboxylic acid groups (broad SMARTS) is 1. The molecule has 10 nitrogen and oxygen atoms in total. The highest BCUT2D eigenvalue weighted by Crippen LogP contribution is 2.63. The Morgan fingerprint density at radius 3 is 2.10 bits per heavy atom. The predicted molar refractivity (Wildman–Crippen MR) is 192 cm³/mol. The van der Waals surface area contributed by atoms with Crippen LogP contribution in [0.2, 0.25) is 0 Å². The predicted octanol–water partition coefficient (Wildman–Crippen LogP) is 8.80. The van der Waals surface area contributed by atoms with E-state index in [4.69, 9.17) is 14.0 Å². The summed E-state index contributed by atoms with van der Waals surface area (Å²) in [5.41, 5.74) is 1.48. The van der Waals surface area contributed by atoms with Crippen LogP contribution in [0.5, 0.6) is 0 Å². The Morgan fingerprint density at radius 2 is 1.49 bits per heavy atom. The maximum absolute atomic E-state index is 14.4. The average Bonchev–Trinajstić information content (AvgIpc) is 3.00. The molecule has 3 aromatic carbocycles. The monoisotopic (exact) mass is 694 g/mol. The van der Waals surface area contributed by atoms with Crippen LogP contribution in [0.3, 0.4) is 0 Å². The average molecular weight is 695 g/mol. The normalized spacial score (nSPS) is 20.1. The molecule has 11 heteroatoms. The zero-order valence-electron chi connectivity index (χ0n) is 29.9. The van der Waals surface area contributed by atoms with E-state index in [1.807, 2.05) is 30.3 Å². The quantitative estimate of drug-likeness (QED) is 0.155. The second-order valence-electron chi connectivity index (χ2n) is 14.7. The van der Waals surface area contributed by atoms with Crippen LogP contribution < -0.4 is 0 Å². The van der Waals surface area contributed by atoms with E-state index in [0.717, 1.165) is 32.4 Å². The Labute approximate surface area is 290 Å². The van der Waals surface area contributed by atoms with Gasteiger partial charge in [0.15, 0.2) is 5.16 Å². The van der Waals surface area contributed by atoms with Crippen LogP contribution in [0.15, 0.2) is 66.7 Å². The van der Waals surface area contributed by atoms with Crippen molar-refractivity contribution in [2.24, 2.45) is 0 Å². The maximum atomic E-state index is 14.4. The number of nitrogens with zero attached hydrogens (tertiary/aromatic N) is 2. The molecule has 0 aliphatic carbocycles. The zero-order chi connectivity index (χ0) is 36.0. The van der Waals surface area contributed by atoms with Gasteiger partial charge in [-0.25, -0.2) is 14.5 Å². The number of carboxylic acids is 1.